The number of aryl methyl sites for hydroxylation is 2. The standard InChI is InChI=1S/C25H38O4/c1-19-12-13-21(10-7-9-15-25(16-17-25)29-18-26)20(2)22(19)11-6-5-8-14-24(3,4)23(27)28/h12-13,18H,5-11,14-17H2,1-4H3,(H,27,28). The molecule has 29 heavy (non-hydrogen) atoms. The quantitative estimate of drug-likeness (QED) is 0.309. The van der Waals surface area contributed by atoms with Crippen LogP contribution in [0.4, 0.5) is 0 Å². The fraction of sp³-hybridized carbons (Fsp3) is 0.680. The molecule has 1 aliphatic carbocycles. The maximum Gasteiger partial charge on any atom is 0.309 e. The average molecular weight is 403 g/mol. The number of rotatable bonds is 14. The summed E-state index contributed by atoms with van der Waals surface area (Å²) in [4.78, 5) is 21.8. The number of carbonyl (C=O) groups is 2. The van der Waals surface area contributed by atoms with E-state index in [0.717, 1.165) is 70.6 Å². The number of ether oxygens (including phenoxy) is 1. The molecular formula is C25H38O4. The van der Waals surface area contributed by atoms with Gasteiger partial charge in [0.15, 0.2) is 0 Å². The first-order chi connectivity index (χ1) is 13.7. The van der Waals surface area contributed by atoms with Gasteiger partial charge < -0.3 is 9.84 Å². The molecule has 1 aromatic rings. The number of carbonyl (C=O) groups excluding carboxylic acids is 1. The lowest BCUT2D eigenvalue weighted by atomic mass is 9.86. The Hall–Kier alpha value is -1.84. The summed E-state index contributed by atoms with van der Waals surface area (Å²) in [6.07, 6.45) is 11.2. The smallest absolute Gasteiger partial charge is 0.309 e. The number of benzene rings is 1. The first-order valence-corrected chi connectivity index (χ1v) is 11.1. The van der Waals surface area contributed by atoms with Gasteiger partial charge >= 0.3 is 5.97 Å². The molecule has 0 bridgehead atoms. The minimum absolute atomic E-state index is 0.134. The maximum absolute atomic E-state index is 11.2. The highest BCUT2D eigenvalue weighted by Gasteiger charge is 2.44. The topological polar surface area (TPSA) is 63.6 Å². The zero-order chi connectivity index (χ0) is 21.5. The van der Waals surface area contributed by atoms with Crippen LogP contribution in [0.15, 0.2) is 12.1 Å². The molecule has 1 N–H and O–H groups in total. The highest BCUT2D eigenvalue weighted by atomic mass is 16.5. The Morgan fingerprint density at radius 1 is 1.10 bits per heavy atom. The van der Waals surface area contributed by atoms with E-state index in [0.29, 0.717) is 6.47 Å². The second kappa shape index (κ2) is 10.3. The van der Waals surface area contributed by atoms with Crippen molar-refractivity contribution in [1.82, 2.24) is 0 Å². The van der Waals surface area contributed by atoms with Crippen LogP contribution >= 0.6 is 0 Å². The van der Waals surface area contributed by atoms with Crippen LogP contribution in [0.3, 0.4) is 0 Å². The second-order valence-electron chi connectivity index (χ2n) is 9.50. The number of hydrogen-bond donors (Lipinski definition) is 1. The van der Waals surface area contributed by atoms with Crippen LogP contribution in [0.1, 0.15) is 93.9 Å². The fourth-order valence-electron chi connectivity index (χ4n) is 4.18. The van der Waals surface area contributed by atoms with Crippen molar-refractivity contribution in [1.29, 1.82) is 0 Å². The molecule has 0 saturated heterocycles. The maximum atomic E-state index is 11.2. The van der Waals surface area contributed by atoms with E-state index in [4.69, 9.17) is 4.74 Å². The number of unbranched alkanes of at least 4 members (excludes halogenated alkanes) is 3. The highest BCUT2D eigenvalue weighted by Crippen LogP contribution is 2.43. The molecule has 0 amide bonds. The van der Waals surface area contributed by atoms with Crippen molar-refractivity contribution in [2.24, 2.45) is 5.41 Å². The summed E-state index contributed by atoms with van der Waals surface area (Å²) in [6.45, 7) is 8.65. The molecule has 1 aromatic carbocycles. The van der Waals surface area contributed by atoms with Crippen molar-refractivity contribution in [2.75, 3.05) is 0 Å². The van der Waals surface area contributed by atoms with Gasteiger partial charge in [0.05, 0.1) is 5.41 Å². The van der Waals surface area contributed by atoms with E-state index in [-0.39, 0.29) is 5.60 Å². The molecule has 4 nitrogen and oxygen atoms in total. The summed E-state index contributed by atoms with van der Waals surface area (Å²) in [7, 11) is 0. The third kappa shape index (κ3) is 6.87. The molecule has 0 aliphatic heterocycles. The van der Waals surface area contributed by atoms with Gasteiger partial charge in [-0.2, -0.15) is 0 Å². The summed E-state index contributed by atoms with van der Waals surface area (Å²) in [6, 6.07) is 4.50. The Balaban J connectivity index is 1.78. The molecule has 1 fully saturated rings. The Labute approximate surface area is 176 Å². The molecule has 0 unspecified atom stereocenters. The van der Waals surface area contributed by atoms with Gasteiger partial charge in [-0.3, -0.25) is 9.59 Å². The number of hydrogen-bond acceptors (Lipinski definition) is 3. The van der Waals surface area contributed by atoms with Crippen molar-refractivity contribution < 1.29 is 19.4 Å². The lowest BCUT2D eigenvalue weighted by Gasteiger charge is -2.19. The zero-order valence-electron chi connectivity index (χ0n) is 18.7. The van der Waals surface area contributed by atoms with Gasteiger partial charge in [-0.25, -0.2) is 0 Å². The normalized spacial score (nSPS) is 15.2. The Morgan fingerprint density at radius 2 is 1.79 bits per heavy atom. The first-order valence-electron chi connectivity index (χ1n) is 11.1. The molecule has 0 spiro atoms. The van der Waals surface area contributed by atoms with Gasteiger partial charge in [0, 0.05) is 0 Å². The van der Waals surface area contributed by atoms with E-state index >= 15 is 0 Å². The molecule has 1 aliphatic rings. The van der Waals surface area contributed by atoms with Crippen LogP contribution in [-0.4, -0.2) is 23.1 Å². The summed E-state index contributed by atoms with van der Waals surface area (Å²) < 4.78 is 5.24. The average Bonchev–Trinajstić information content (AvgIpc) is 3.42. The van der Waals surface area contributed by atoms with Crippen LogP contribution in [0.2, 0.25) is 0 Å². The molecule has 0 heterocycles. The summed E-state index contributed by atoms with van der Waals surface area (Å²) >= 11 is 0. The number of carboxylic acid groups (broad SMARTS) is 1. The minimum atomic E-state index is -0.706. The van der Waals surface area contributed by atoms with E-state index in [9.17, 15) is 14.7 Å². The van der Waals surface area contributed by atoms with Gasteiger partial charge in [-0.15, -0.1) is 0 Å². The van der Waals surface area contributed by atoms with Crippen molar-refractivity contribution in [3.8, 4) is 0 Å². The van der Waals surface area contributed by atoms with Crippen molar-refractivity contribution >= 4 is 12.4 Å². The second-order valence-corrected chi connectivity index (χ2v) is 9.50. The third-order valence-corrected chi connectivity index (χ3v) is 6.69. The van der Waals surface area contributed by atoms with Crippen LogP contribution < -0.4 is 0 Å². The van der Waals surface area contributed by atoms with Crippen LogP contribution in [-0.2, 0) is 27.2 Å². The SMILES string of the molecule is Cc1ccc(CCCCC2(OC=O)CC2)c(C)c1CCCCCC(C)(C)C(=O)O. The Bertz CT molecular complexity index is 701. The minimum Gasteiger partial charge on any atom is -0.481 e. The Morgan fingerprint density at radius 3 is 2.41 bits per heavy atom. The van der Waals surface area contributed by atoms with E-state index in [1.807, 2.05) is 13.8 Å². The molecule has 2 rings (SSSR count). The van der Waals surface area contributed by atoms with Crippen molar-refractivity contribution in [3.05, 3.63) is 34.4 Å². The fourth-order valence-corrected chi connectivity index (χ4v) is 4.18. The molecule has 0 aromatic heterocycles. The Kier molecular flexibility index (Phi) is 8.30. The lowest BCUT2D eigenvalue weighted by molar-refractivity contribution is -0.147. The predicted molar refractivity (Wildman–Crippen MR) is 116 cm³/mol. The van der Waals surface area contributed by atoms with E-state index < -0.39 is 11.4 Å². The molecule has 1 saturated carbocycles. The number of carboxylic acids is 1. The monoisotopic (exact) mass is 402 g/mol. The van der Waals surface area contributed by atoms with Crippen LogP contribution in [0, 0.1) is 19.3 Å². The van der Waals surface area contributed by atoms with Gasteiger partial charge in [-0.05, 0) is 108 Å². The summed E-state index contributed by atoms with van der Waals surface area (Å²) in [5, 5.41) is 9.22. The van der Waals surface area contributed by atoms with E-state index in [1.165, 1.54) is 22.3 Å². The highest BCUT2D eigenvalue weighted by molar-refractivity contribution is 5.73. The van der Waals surface area contributed by atoms with Gasteiger partial charge in [0.2, 0.25) is 0 Å². The van der Waals surface area contributed by atoms with Gasteiger partial charge in [0.1, 0.15) is 5.60 Å². The van der Waals surface area contributed by atoms with Gasteiger partial charge in [0.25, 0.3) is 6.47 Å². The first kappa shape index (κ1) is 23.4. The van der Waals surface area contributed by atoms with Gasteiger partial charge in [-0.1, -0.05) is 25.0 Å². The zero-order valence-corrected chi connectivity index (χ0v) is 18.7. The molecular weight excluding hydrogens is 364 g/mol. The number of aliphatic carboxylic acids is 1. The van der Waals surface area contributed by atoms with E-state index in [2.05, 4.69) is 26.0 Å². The largest absolute Gasteiger partial charge is 0.481 e. The summed E-state index contributed by atoms with van der Waals surface area (Å²) in [5.41, 5.74) is 4.91. The molecule has 4 heteroatoms. The summed E-state index contributed by atoms with van der Waals surface area (Å²) in [5.74, 6) is -0.706. The molecule has 0 atom stereocenters. The van der Waals surface area contributed by atoms with Crippen molar-refractivity contribution in [2.45, 2.75) is 104 Å². The third-order valence-electron chi connectivity index (χ3n) is 6.69. The molecule has 162 valence electrons. The predicted octanol–water partition coefficient (Wildman–Crippen LogP) is 5.94. The lowest BCUT2D eigenvalue weighted by Crippen LogP contribution is -2.23. The van der Waals surface area contributed by atoms with Crippen molar-refractivity contribution in [3.63, 3.8) is 0 Å². The van der Waals surface area contributed by atoms with Crippen LogP contribution in [0.25, 0.3) is 0 Å². The van der Waals surface area contributed by atoms with Crippen LogP contribution in [0.5, 0.6) is 0 Å². The van der Waals surface area contributed by atoms with E-state index in [1.54, 1.807) is 0 Å². The molecule has 0 radical (unpaired) electrons.